The molecule has 30 heavy (non-hydrogen) atoms. The van der Waals surface area contributed by atoms with E-state index in [0.29, 0.717) is 53.8 Å². The summed E-state index contributed by atoms with van der Waals surface area (Å²) in [6.45, 7) is 3.37. The number of rotatable bonds is 5. The molecule has 156 valence electrons. The van der Waals surface area contributed by atoms with E-state index in [1.165, 1.54) is 4.31 Å². The van der Waals surface area contributed by atoms with Crippen LogP contribution in [0.4, 0.5) is 11.5 Å². The molecule has 0 amide bonds. The Kier molecular flexibility index (Phi) is 5.80. The molecule has 0 atom stereocenters. The van der Waals surface area contributed by atoms with Crippen LogP contribution in [0, 0.1) is 6.92 Å². The zero-order valence-corrected chi connectivity index (χ0v) is 17.8. The van der Waals surface area contributed by atoms with Crippen molar-refractivity contribution in [2.75, 3.05) is 38.3 Å². The van der Waals surface area contributed by atoms with Crippen molar-refractivity contribution < 1.29 is 13.2 Å². The Morgan fingerprint density at radius 2 is 1.70 bits per heavy atom. The summed E-state index contributed by atoms with van der Waals surface area (Å²) in [6, 6.07) is 19.0. The van der Waals surface area contributed by atoms with E-state index in [9.17, 15) is 8.42 Å². The molecule has 0 radical (unpaired) electrons. The van der Waals surface area contributed by atoms with Gasteiger partial charge in [-0.15, -0.1) is 10.2 Å². The van der Waals surface area contributed by atoms with E-state index in [4.69, 9.17) is 4.74 Å². The highest BCUT2D eigenvalue weighted by molar-refractivity contribution is 7.89. The van der Waals surface area contributed by atoms with Gasteiger partial charge < -0.3 is 9.64 Å². The highest BCUT2D eigenvalue weighted by Gasteiger charge is 2.28. The zero-order valence-electron chi connectivity index (χ0n) is 17.0. The van der Waals surface area contributed by atoms with Crippen LogP contribution in [0.25, 0.3) is 11.3 Å². The summed E-state index contributed by atoms with van der Waals surface area (Å²) >= 11 is 0. The molecule has 4 rings (SSSR count). The minimum Gasteiger partial charge on any atom is -0.379 e. The first-order chi connectivity index (χ1) is 14.5. The van der Waals surface area contributed by atoms with Gasteiger partial charge in [0, 0.05) is 31.4 Å². The number of para-hydroxylation sites is 1. The molecule has 0 spiro atoms. The van der Waals surface area contributed by atoms with Crippen LogP contribution in [0.15, 0.2) is 65.6 Å². The third-order valence-electron chi connectivity index (χ3n) is 5.21. The molecule has 1 fully saturated rings. The van der Waals surface area contributed by atoms with Crippen LogP contribution in [-0.4, -0.2) is 56.3 Å². The topological polar surface area (TPSA) is 75.6 Å². The summed E-state index contributed by atoms with van der Waals surface area (Å²) in [6.07, 6.45) is 0. The van der Waals surface area contributed by atoms with Gasteiger partial charge in [-0.3, -0.25) is 0 Å². The predicted octanol–water partition coefficient (Wildman–Crippen LogP) is 3.24. The molecule has 7 nitrogen and oxygen atoms in total. The summed E-state index contributed by atoms with van der Waals surface area (Å²) < 4.78 is 33.0. The first-order valence-electron chi connectivity index (χ1n) is 9.78. The molecule has 0 saturated carbocycles. The van der Waals surface area contributed by atoms with Gasteiger partial charge in [-0.1, -0.05) is 30.3 Å². The Morgan fingerprint density at radius 3 is 2.37 bits per heavy atom. The molecule has 2 aromatic carbocycles. The minimum atomic E-state index is -3.58. The number of morpholine rings is 1. The number of aromatic nitrogens is 2. The van der Waals surface area contributed by atoms with Crippen LogP contribution in [-0.2, 0) is 14.8 Å². The fourth-order valence-electron chi connectivity index (χ4n) is 3.41. The summed E-state index contributed by atoms with van der Waals surface area (Å²) in [4.78, 5) is 2.24. The smallest absolute Gasteiger partial charge is 0.243 e. The lowest BCUT2D eigenvalue weighted by molar-refractivity contribution is 0.0730. The number of sulfonamides is 1. The van der Waals surface area contributed by atoms with Crippen molar-refractivity contribution in [3.8, 4) is 11.3 Å². The summed E-state index contributed by atoms with van der Waals surface area (Å²) in [5, 5.41) is 8.68. The van der Waals surface area contributed by atoms with Gasteiger partial charge in [-0.25, -0.2) is 8.42 Å². The van der Waals surface area contributed by atoms with Crippen LogP contribution in [0.2, 0.25) is 0 Å². The molecule has 8 heteroatoms. The second kappa shape index (κ2) is 8.51. The van der Waals surface area contributed by atoms with Crippen LogP contribution in [0.5, 0.6) is 0 Å². The molecule has 1 aromatic heterocycles. The Balaban J connectivity index is 1.63. The minimum absolute atomic E-state index is 0.300. The lowest BCUT2D eigenvalue weighted by Crippen LogP contribution is -2.40. The van der Waals surface area contributed by atoms with Gasteiger partial charge in [0.1, 0.15) is 0 Å². The first-order valence-corrected chi connectivity index (χ1v) is 11.2. The lowest BCUT2D eigenvalue weighted by Gasteiger charge is -2.26. The lowest BCUT2D eigenvalue weighted by atomic mass is 10.1. The Labute approximate surface area is 177 Å². The maximum atomic E-state index is 13.1. The molecule has 1 saturated heterocycles. The second-order valence-corrected chi connectivity index (χ2v) is 9.07. The molecule has 1 aliphatic heterocycles. The summed E-state index contributed by atoms with van der Waals surface area (Å²) in [5.74, 6) is 0.707. The van der Waals surface area contributed by atoms with E-state index >= 15 is 0 Å². The maximum Gasteiger partial charge on any atom is 0.243 e. The van der Waals surface area contributed by atoms with Gasteiger partial charge in [0.2, 0.25) is 10.0 Å². The number of nitrogens with zero attached hydrogens (tertiary/aromatic N) is 4. The van der Waals surface area contributed by atoms with Crippen molar-refractivity contribution in [2.45, 2.75) is 11.8 Å². The van der Waals surface area contributed by atoms with Gasteiger partial charge in [0.05, 0.1) is 23.8 Å². The van der Waals surface area contributed by atoms with Crippen LogP contribution in [0.3, 0.4) is 0 Å². The highest BCUT2D eigenvalue weighted by Crippen LogP contribution is 2.28. The van der Waals surface area contributed by atoms with Crippen molar-refractivity contribution in [3.63, 3.8) is 0 Å². The van der Waals surface area contributed by atoms with Gasteiger partial charge in [-0.05, 0) is 42.8 Å². The number of benzene rings is 2. The molecule has 0 N–H and O–H groups in total. The second-order valence-electron chi connectivity index (χ2n) is 7.17. The molecule has 0 unspecified atom stereocenters. The van der Waals surface area contributed by atoms with Crippen molar-refractivity contribution in [1.29, 1.82) is 0 Å². The van der Waals surface area contributed by atoms with Gasteiger partial charge in [0.25, 0.3) is 0 Å². The normalized spacial score (nSPS) is 15.1. The number of aryl methyl sites for hydroxylation is 1. The van der Waals surface area contributed by atoms with Crippen molar-refractivity contribution in [1.82, 2.24) is 14.5 Å². The fraction of sp³-hybridized carbons (Fsp3) is 0.273. The summed E-state index contributed by atoms with van der Waals surface area (Å²) in [7, 11) is -1.66. The molecule has 2 heterocycles. The van der Waals surface area contributed by atoms with Gasteiger partial charge >= 0.3 is 0 Å². The van der Waals surface area contributed by atoms with Crippen molar-refractivity contribution in [2.24, 2.45) is 0 Å². The largest absolute Gasteiger partial charge is 0.379 e. The first kappa shape index (κ1) is 20.5. The van der Waals surface area contributed by atoms with E-state index in [-0.39, 0.29) is 0 Å². The SMILES string of the molecule is Cc1ccc(-c2ccc(N(C)c3ccccc3)nn2)cc1S(=O)(=O)N1CCOCC1. The summed E-state index contributed by atoms with van der Waals surface area (Å²) in [5.41, 5.74) is 3.06. The Hall–Kier alpha value is -2.81. The predicted molar refractivity (Wildman–Crippen MR) is 116 cm³/mol. The van der Waals surface area contributed by atoms with E-state index in [0.717, 1.165) is 5.69 Å². The van der Waals surface area contributed by atoms with Crippen LogP contribution in [0.1, 0.15) is 5.56 Å². The number of anilines is 2. The average molecular weight is 425 g/mol. The molecule has 3 aromatic rings. The standard InChI is InChI=1S/C22H24N4O3S/c1-17-8-9-18(16-21(17)30(27,28)26-12-14-29-15-13-26)20-10-11-22(24-23-20)25(2)19-6-4-3-5-7-19/h3-11,16H,12-15H2,1-2H3. The maximum absolute atomic E-state index is 13.1. The van der Waals surface area contributed by atoms with E-state index in [1.54, 1.807) is 13.0 Å². The molecular formula is C22H24N4O3S. The third-order valence-corrected chi connectivity index (χ3v) is 7.25. The highest BCUT2D eigenvalue weighted by atomic mass is 32.2. The number of hydrogen-bond donors (Lipinski definition) is 0. The van der Waals surface area contributed by atoms with E-state index < -0.39 is 10.0 Å². The zero-order chi connectivity index (χ0) is 21.1. The molecule has 0 bridgehead atoms. The monoisotopic (exact) mass is 424 g/mol. The van der Waals surface area contributed by atoms with Gasteiger partial charge in [0.15, 0.2) is 5.82 Å². The molecular weight excluding hydrogens is 400 g/mol. The van der Waals surface area contributed by atoms with Crippen LogP contribution >= 0.6 is 0 Å². The average Bonchev–Trinajstić information content (AvgIpc) is 2.80. The molecule has 0 aliphatic carbocycles. The van der Waals surface area contributed by atoms with E-state index in [1.807, 2.05) is 66.5 Å². The third kappa shape index (κ3) is 4.07. The molecule has 1 aliphatic rings. The number of ether oxygens (including phenoxy) is 1. The van der Waals surface area contributed by atoms with E-state index in [2.05, 4.69) is 10.2 Å². The Morgan fingerprint density at radius 1 is 0.967 bits per heavy atom. The number of hydrogen-bond acceptors (Lipinski definition) is 6. The van der Waals surface area contributed by atoms with Crippen molar-refractivity contribution >= 4 is 21.5 Å². The quantitative estimate of drug-likeness (QED) is 0.626. The van der Waals surface area contributed by atoms with Gasteiger partial charge in [-0.2, -0.15) is 4.31 Å². The Bertz CT molecular complexity index is 1110. The van der Waals surface area contributed by atoms with Crippen molar-refractivity contribution in [3.05, 3.63) is 66.2 Å². The fourth-order valence-corrected chi connectivity index (χ4v) is 5.06. The van der Waals surface area contributed by atoms with Crippen LogP contribution < -0.4 is 4.90 Å².